The third kappa shape index (κ3) is 2.81. The summed E-state index contributed by atoms with van der Waals surface area (Å²) in [5.41, 5.74) is -0.480. The largest absolute Gasteiger partial charge is 0.405 e. The van der Waals surface area contributed by atoms with E-state index in [0.29, 0.717) is 6.07 Å². The minimum atomic E-state index is -4.59. The van der Waals surface area contributed by atoms with Crippen molar-refractivity contribution < 1.29 is 22.0 Å². The van der Waals surface area contributed by atoms with Crippen LogP contribution in [0.3, 0.4) is 0 Å². The quantitative estimate of drug-likeness (QED) is 0.403. The molecule has 7 heteroatoms. The highest BCUT2D eigenvalue weighted by Crippen LogP contribution is 2.40. The van der Waals surface area contributed by atoms with Gasteiger partial charge in [-0.15, -0.1) is 0 Å². The third-order valence-corrected chi connectivity index (χ3v) is 2.91. The molecule has 0 fully saturated rings. The highest BCUT2D eigenvalue weighted by atomic mass is 79.9. The molecule has 1 atom stereocenters. The molecule has 0 amide bonds. The summed E-state index contributed by atoms with van der Waals surface area (Å²) in [5.74, 6) is -2.77. The first kappa shape index (κ1) is 12.7. The summed E-state index contributed by atoms with van der Waals surface area (Å²) in [5, 5.41) is -0.682. The number of halogens is 7. The van der Waals surface area contributed by atoms with Gasteiger partial charge < -0.3 is 0 Å². The molecule has 0 aliphatic carbocycles. The van der Waals surface area contributed by atoms with Gasteiger partial charge in [0.15, 0.2) is 11.6 Å². The summed E-state index contributed by atoms with van der Waals surface area (Å²) < 4.78 is 62.0. The second-order valence-corrected chi connectivity index (χ2v) is 4.03. The first-order valence-corrected chi connectivity index (χ1v) is 4.88. The first-order valence-electron chi connectivity index (χ1n) is 3.58. The molecule has 0 aliphatic rings. The van der Waals surface area contributed by atoms with E-state index in [9.17, 15) is 22.0 Å². The van der Waals surface area contributed by atoms with Crippen LogP contribution in [0, 0.1) is 11.6 Å². The second kappa shape index (κ2) is 4.25. The second-order valence-electron chi connectivity index (χ2n) is 2.70. The molecule has 0 radical (unpaired) electrons. The van der Waals surface area contributed by atoms with E-state index in [2.05, 4.69) is 15.9 Å². The van der Waals surface area contributed by atoms with Gasteiger partial charge in [-0.25, -0.2) is 8.78 Å². The molecule has 0 nitrogen and oxygen atoms in total. The Labute approximate surface area is 95.2 Å². The zero-order chi connectivity index (χ0) is 11.8. The zero-order valence-corrected chi connectivity index (χ0v) is 9.22. The van der Waals surface area contributed by atoms with Gasteiger partial charge in [-0.1, -0.05) is 27.5 Å². The van der Waals surface area contributed by atoms with Crippen molar-refractivity contribution in [2.24, 2.45) is 0 Å². The van der Waals surface area contributed by atoms with Crippen molar-refractivity contribution in [2.75, 3.05) is 0 Å². The van der Waals surface area contributed by atoms with E-state index in [1.807, 2.05) is 0 Å². The van der Waals surface area contributed by atoms with E-state index in [4.69, 9.17) is 11.6 Å². The lowest BCUT2D eigenvalue weighted by atomic mass is 10.1. The van der Waals surface area contributed by atoms with Crippen LogP contribution in [0.2, 0.25) is 5.02 Å². The maximum absolute atomic E-state index is 12.7. The third-order valence-electron chi connectivity index (χ3n) is 1.59. The highest BCUT2D eigenvalue weighted by molar-refractivity contribution is 9.09. The Balaban J connectivity index is 3.17. The fraction of sp³-hybridized carbons (Fsp3) is 0.250. The van der Waals surface area contributed by atoms with Crippen molar-refractivity contribution in [3.63, 3.8) is 0 Å². The SMILES string of the molecule is Fc1cc(C(Br)C(F)(F)F)cc(Cl)c1F. The molecular weight excluding hydrogens is 306 g/mol. The van der Waals surface area contributed by atoms with Gasteiger partial charge in [-0.2, -0.15) is 13.2 Å². The number of hydrogen-bond donors (Lipinski definition) is 0. The molecule has 1 aromatic carbocycles. The van der Waals surface area contributed by atoms with Crippen LogP contribution in [0.4, 0.5) is 22.0 Å². The Bertz CT molecular complexity index is 353. The van der Waals surface area contributed by atoms with E-state index < -0.39 is 33.2 Å². The van der Waals surface area contributed by atoms with Crippen molar-refractivity contribution in [1.29, 1.82) is 0 Å². The molecule has 0 aliphatic heterocycles. The van der Waals surface area contributed by atoms with Gasteiger partial charge in [0.2, 0.25) is 0 Å². The zero-order valence-electron chi connectivity index (χ0n) is 6.88. The van der Waals surface area contributed by atoms with Gasteiger partial charge in [0.05, 0.1) is 5.02 Å². The van der Waals surface area contributed by atoms with E-state index in [1.54, 1.807) is 0 Å². The monoisotopic (exact) mass is 308 g/mol. The summed E-state index contributed by atoms with van der Waals surface area (Å²) in [7, 11) is 0. The van der Waals surface area contributed by atoms with Crippen LogP contribution in [0.5, 0.6) is 0 Å². The average molecular weight is 309 g/mol. The molecule has 1 rings (SSSR count). The van der Waals surface area contributed by atoms with Crippen molar-refractivity contribution in [2.45, 2.75) is 11.0 Å². The minimum absolute atomic E-state index is 0.452. The van der Waals surface area contributed by atoms with E-state index in [-0.39, 0.29) is 0 Å². The molecule has 0 saturated carbocycles. The molecule has 1 unspecified atom stereocenters. The van der Waals surface area contributed by atoms with Gasteiger partial charge in [-0.3, -0.25) is 0 Å². The fourth-order valence-corrected chi connectivity index (χ4v) is 1.39. The Morgan fingerprint density at radius 2 is 1.73 bits per heavy atom. The van der Waals surface area contributed by atoms with Crippen LogP contribution in [0.15, 0.2) is 12.1 Å². The Hall–Kier alpha value is -0.360. The van der Waals surface area contributed by atoms with Crippen LogP contribution < -0.4 is 0 Å². The summed E-state index contributed by atoms with van der Waals surface area (Å²) in [4.78, 5) is -2.07. The summed E-state index contributed by atoms with van der Waals surface area (Å²) in [6.45, 7) is 0. The predicted octanol–water partition coefficient (Wildman–Crippen LogP) is 4.62. The first-order chi connectivity index (χ1) is 6.73. The Kier molecular flexibility index (Phi) is 3.60. The molecule has 15 heavy (non-hydrogen) atoms. The topological polar surface area (TPSA) is 0 Å². The van der Waals surface area contributed by atoms with Crippen LogP contribution in [-0.2, 0) is 0 Å². The molecule has 1 aromatic rings. The normalized spacial score (nSPS) is 14.1. The van der Waals surface area contributed by atoms with Gasteiger partial charge >= 0.3 is 6.18 Å². The predicted molar refractivity (Wildman–Crippen MR) is 49.1 cm³/mol. The maximum Gasteiger partial charge on any atom is 0.405 e. The number of benzene rings is 1. The van der Waals surface area contributed by atoms with Gasteiger partial charge in [0, 0.05) is 0 Å². The summed E-state index contributed by atoms with van der Waals surface area (Å²) >= 11 is 7.54. The molecule has 84 valence electrons. The van der Waals surface area contributed by atoms with Crippen molar-refractivity contribution in [3.05, 3.63) is 34.4 Å². The maximum atomic E-state index is 12.7. The smallest absolute Gasteiger partial charge is 0.204 e. The van der Waals surface area contributed by atoms with E-state index in [0.717, 1.165) is 6.07 Å². The van der Waals surface area contributed by atoms with Gasteiger partial charge in [0.1, 0.15) is 4.83 Å². The Morgan fingerprint density at radius 1 is 1.20 bits per heavy atom. The lowest BCUT2D eigenvalue weighted by molar-refractivity contribution is -0.128. The number of rotatable bonds is 1. The Morgan fingerprint density at radius 3 is 2.13 bits per heavy atom. The van der Waals surface area contributed by atoms with Crippen molar-refractivity contribution in [1.82, 2.24) is 0 Å². The van der Waals surface area contributed by atoms with E-state index in [1.165, 1.54) is 0 Å². The fourth-order valence-electron chi connectivity index (χ4n) is 0.910. The molecule has 0 heterocycles. The van der Waals surface area contributed by atoms with Gasteiger partial charge in [-0.05, 0) is 17.7 Å². The molecule has 0 aromatic heterocycles. The van der Waals surface area contributed by atoms with Crippen LogP contribution in [0.1, 0.15) is 10.4 Å². The standard InChI is InChI=1S/C8H3BrClF5/c9-7(8(13,14)15)3-1-4(10)6(12)5(11)2-3/h1-2,7H. The molecule has 0 bridgehead atoms. The number of alkyl halides is 4. The summed E-state index contributed by atoms with van der Waals surface area (Å²) in [6.07, 6.45) is -4.59. The van der Waals surface area contributed by atoms with Gasteiger partial charge in [0.25, 0.3) is 0 Å². The summed E-state index contributed by atoms with van der Waals surface area (Å²) in [6, 6.07) is 1.18. The van der Waals surface area contributed by atoms with Crippen LogP contribution in [-0.4, -0.2) is 6.18 Å². The van der Waals surface area contributed by atoms with Crippen LogP contribution in [0.25, 0.3) is 0 Å². The van der Waals surface area contributed by atoms with Crippen molar-refractivity contribution >= 4 is 27.5 Å². The lowest BCUT2D eigenvalue weighted by Gasteiger charge is -2.14. The molecular formula is C8H3BrClF5. The number of hydrogen-bond acceptors (Lipinski definition) is 0. The van der Waals surface area contributed by atoms with Crippen LogP contribution >= 0.6 is 27.5 Å². The average Bonchev–Trinajstić information content (AvgIpc) is 2.10. The minimum Gasteiger partial charge on any atom is -0.204 e. The molecule has 0 spiro atoms. The van der Waals surface area contributed by atoms with E-state index >= 15 is 0 Å². The lowest BCUT2D eigenvalue weighted by Crippen LogP contribution is -2.15. The molecule has 0 N–H and O–H groups in total. The molecule has 0 saturated heterocycles. The highest BCUT2D eigenvalue weighted by Gasteiger charge is 2.39. The van der Waals surface area contributed by atoms with Crippen molar-refractivity contribution in [3.8, 4) is 0 Å².